The first-order chi connectivity index (χ1) is 14.6. The number of hydrazone groups is 1. The maximum atomic E-state index is 12.7. The minimum Gasteiger partial charge on any atom is -0.379 e. The third-order valence-electron chi connectivity index (χ3n) is 4.38. The number of amides is 1. The van der Waals surface area contributed by atoms with Gasteiger partial charge in [0.2, 0.25) is 11.6 Å². The SMILES string of the molecule is Nc1nonc1-n1nnc(C(=O)NN=Cc2cccc(Br)c2)c1CN1CCOCC1. The van der Waals surface area contributed by atoms with E-state index in [1.807, 2.05) is 24.3 Å². The minimum atomic E-state index is -0.509. The summed E-state index contributed by atoms with van der Waals surface area (Å²) in [5, 5.41) is 19.4. The molecule has 2 aromatic heterocycles. The lowest BCUT2D eigenvalue weighted by Crippen LogP contribution is -2.37. The van der Waals surface area contributed by atoms with Crippen LogP contribution in [0.2, 0.25) is 0 Å². The van der Waals surface area contributed by atoms with Crippen LogP contribution in [0, 0.1) is 0 Å². The van der Waals surface area contributed by atoms with E-state index in [0.29, 0.717) is 38.5 Å². The zero-order chi connectivity index (χ0) is 20.9. The van der Waals surface area contributed by atoms with Gasteiger partial charge < -0.3 is 10.5 Å². The molecular formula is C17H18BrN9O3. The topological polar surface area (TPSA) is 150 Å². The summed E-state index contributed by atoms with van der Waals surface area (Å²) in [6.45, 7) is 3.02. The highest BCUT2D eigenvalue weighted by Crippen LogP contribution is 2.18. The van der Waals surface area contributed by atoms with Gasteiger partial charge in [0.05, 0.1) is 25.1 Å². The fourth-order valence-corrected chi connectivity index (χ4v) is 3.32. The number of carbonyl (C=O) groups excluding carboxylic acids is 1. The van der Waals surface area contributed by atoms with Crippen molar-refractivity contribution in [1.29, 1.82) is 0 Å². The first-order valence-corrected chi connectivity index (χ1v) is 9.83. The van der Waals surface area contributed by atoms with Crippen molar-refractivity contribution in [3.8, 4) is 5.82 Å². The van der Waals surface area contributed by atoms with Crippen LogP contribution in [0.15, 0.2) is 38.5 Å². The van der Waals surface area contributed by atoms with Crippen molar-refractivity contribution < 1.29 is 14.2 Å². The highest BCUT2D eigenvalue weighted by molar-refractivity contribution is 9.10. The van der Waals surface area contributed by atoms with Crippen molar-refractivity contribution in [2.45, 2.75) is 6.54 Å². The molecule has 0 unspecified atom stereocenters. The molecule has 0 spiro atoms. The second-order valence-corrected chi connectivity index (χ2v) is 7.33. The number of nitrogen functional groups attached to an aromatic ring is 1. The van der Waals surface area contributed by atoms with Crippen molar-refractivity contribution in [2.24, 2.45) is 5.10 Å². The lowest BCUT2D eigenvalue weighted by molar-refractivity contribution is 0.0332. The average molecular weight is 476 g/mol. The van der Waals surface area contributed by atoms with Gasteiger partial charge in [-0.2, -0.15) is 9.78 Å². The number of ether oxygens (including phenoxy) is 1. The van der Waals surface area contributed by atoms with Gasteiger partial charge in [-0.05, 0) is 28.0 Å². The molecule has 4 rings (SSSR count). The molecule has 1 aliphatic heterocycles. The predicted octanol–water partition coefficient (Wildman–Crippen LogP) is 0.591. The largest absolute Gasteiger partial charge is 0.379 e. The predicted molar refractivity (Wildman–Crippen MR) is 109 cm³/mol. The molecule has 1 fully saturated rings. The Morgan fingerprint density at radius 3 is 2.90 bits per heavy atom. The van der Waals surface area contributed by atoms with Gasteiger partial charge in [-0.1, -0.05) is 33.3 Å². The van der Waals surface area contributed by atoms with Crippen LogP contribution in [-0.2, 0) is 11.3 Å². The second kappa shape index (κ2) is 9.11. The van der Waals surface area contributed by atoms with Gasteiger partial charge in [-0.15, -0.1) is 5.10 Å². The number of aromatic nitrogens is 5. The van der Waals surface area contributed by atoms with E-state index in [9.17, 15) is 4.79 Å². The van der Waals surface area contributed by atoms with E-state index in [1.54, 1.807) is 0 Å². The van der Waals surface area contributed by atoms with Crippen LogP contribution >= 0.6 is 15.9 Å². The molecule has 0 saturated carbocycles. The summed E-state index contributed by atoms with van der Waals surface area (Å²) in [5.74, 6) is -0.295. The van der Waals surface area contributed by atoms with Gasteiger partial charge >= 0.3 is 0 Å². The van der Waals surface area contributed by atoms with E-state index in [0.717, 1.165) is 10.0 Å². The number of hydrogen-bond acceptors (Lipinski definition) is 10. The van der Waals surface area contributed by atoms with Crippen molar-refractivity contribution in [3.05, 3.63) is 45.7 Å². The number of nitrogens with two attached hydrogens (primary N) is 1. The molecule has 0 radical (unpaired) electrons. The Kier molecular flexibility index (Phi) is 6.11. The van der Waals surface area contributed by atoms with E-state index < -0.39 is 5.91 Å². The fraction of sp³-hybridized carbons (Fsp3) is 0.294. The highest BCUT2D eigenvalue weighted by atomic mass is 79.9. The number of nitrogens with zero attached hydrogens (tertiary/aromatic N) is 7. The highest BCUT2D eigenvalue weighted by Gasteiger charge is 2.26. The molecule has 1 aliphatic rings. The third-order valence-corrected chi connectivity index (χ3v) is 4.87. The Balaban J connectivity index is 1.57. The molecule has 13 heteroatoms. The van der Waals surface area contributed by atoms with Gasteiger partial charge in [0, 0.05) is 24.1 Å². The first kappa shape index (κ1) is 20.1. The lowest BCUT2D eigenvalue weighted by atomic mass is 10.2. The monoisotopic (exact) mass is 475 g/mol. The van der Waals surface area contributed by atoms with E-state index in [2.05, 4.69) is 56.6 Å². The Labute approximate surface area is 179 Å². The molecule has 1 amide bonds. The number of hydrogen-bond donors (Lipinski definition) is 2. The molecule has 0 aliphatic carbocycles. The maximum Gasteiger partial charge on any atom is 0.293 e. The van der Waals surface area contributed by atoms with Crippen LogP contribution in [0.3, 0.4) is 0 Å². The second-order valence-electron chi connectivity index (χ2n) is 6.41. The van der Waals surface area contributed by atoms with Gasteiger partial charge in [0.25, 0.3) is 5.91 Å². The van der Waals surface area contributed by atoms with Gasteiger partial charge in [-0.3, -0.25) is 9.69 Å². The Morgan fingerprint density at radius 2 is 2.17 bits per heavy atom. The number of halogens is 1. The summed E-state index contributed by atoms with van der Waals surface area (Å²) in [6.07, 6.45) is 1.54. The Hall–Kier alpha value is -3.16. The Morgan fingerprint density at radius 1 is 1.33 bits per heavy atom. The molecule has 0 atom stereocenters. The molecule has 3 aromatic rings. The van der Waals surface area contributed by atoms with E-state index in [4.69, 9.17) is 10.5 Å². The summed E-state index contributed by atoms with van der Waals surface area (Å²) < 4.78 is 12.3. The fourth-order valence-electron chi connectivity index (χ4n) is 2.90. The van der Waals surface area contributed by atoms with Gasteiger partial charge in [0.15, 0.2) is 5.69 Å². The first-order valence-electron chi connectivity index (χ1n) is 9.04. The molecule has 30 heavy (non-hydrogen) atoms. The standard InChI is InChI=1S/C17H18BrN9O3/c18-12-3-1-2-11(8-12)9-20-22-17(28)14-13(10-26-4-6-29-7-5-26)27(25-21-14)16-15(19)23-30-24-16/h1-3,8-9H,4-7,10H2,(H2,19,23)(H,22,28). The number of rotatable bonds is 6. The smallest absolute Gasteiger partial charge is 0.293 e. The number of benzene rings is 1. The summed E-state index contributed by atoms with van der Waals surface area (Å²) in [4.78, 5) is 14.9. The zero-order valence-corrected chi connectivity index (χ0v) is 17.3. The van der Waals surface area contributed by atoms with Crippen molar-refractivity contribution in [2.75, 3.05) is 32.0 Å². The summed E-state index contributed by atoms with van der Waals surface area (Å²) in [7, 11) is 0. The minimum absolute atomic E-state index is 0.0442. The lowest BCUT2D eigenvalue weighted by Gasteiger charge is -2.26. The van der Waals surface area contributed by atoms with E-state index >= 15 is 0 Å². The average Bonchev–Trinajstić information content (AvgIpc) is 3.34. The molecule has 3 N–H and O–H groups in total. The number of carbonyl (C=O) groups is 1. The molecule has 1 saturated heterocycles. The van der Waals surface area contributed by atoms with Crippen molar-refractivity contribution in [3.63, 3.8) is 0 Å². The van der Waals surface area contributed by atoms with E-state index in [1.165, 1.54) is 10.9 Å². The van der Waals surface area contributed by atoms with Crippen LogP contribution in [0.5, 0.6) is 0 Å². The molecular weight excluding hydrogens is 458 g/mol. The molecule has 3 heterocycles. The summed E-state index contributed by atoms with van der Waals surface area (Å²) in [6, 6.07) is 7.50. The summed E-state index contributed by atoms with van der Waals surface area (Å²) in [5.41, 5.74) is 9.71. The number of morpholine rings is 1. The van der Waals surface area contributed by atoms with Crippen LogP contribution < -0.4 is 11.2 Å². The van der Waals surface area contributed by atoms with Gasteiger partial charge in [-0.25, -0.2) is 10.1 Å². The van der Waals surface area contributed by atoms with E-state index in [-0.39, 0.29) is 17.3 Å². The van der Waals surface area contributed by atoms with Crippen LogP contribution in [0.25, 0.3) is 5.82 Å². The molecule has 0 bridgehead atoms. The molecule has 156 valence electrons. The zero-order valence-electron chi connectivity index (χ0n) is 15.7. The van der Waals surface area contributed by atoms with Crippen molar-refractivity contribution >= 4 is 33.9 Å². The van der Waals surface area contributed by atoms with Gasteiger partial charge in [0.1, 0.15) is 0 Å². The maximum absolute atomic E-state index is 12.7. The normalized spacial score (nSPS) is 15.0. The van der Waals surface area contributed by atoms with Crippen LogP contribution in [0.1, 0.15) is 21.7 Å². The number of anilines is 1. The van der Waals surface area contributed by atoms with Crippen LogP contribution in [0.4, 0.5) is 5.82 Å². The third kappa shape index (κ3) is 4.53. The molecule has 1 aromatic carbocycles. The number of nitrogens with one attached hydrogen (secondary N) is 1. The van der Waals surface area contributed by atoms with Crippen molar-refractivity contribution in [1.82, 2.24) is 35.6 Å². The quantitative estimate of drug-likeness (QED) is 0.385. The Bertz CT molecular complexity index is 1060. The summed E-state index contributed by atoms with van der Waals surface area (Å²) >= 11 is 3.39. The molecule has 12 nitrogen and oxygen atoms in total. The van der Waals surface area contributed by atoms with Crippen LogP contribution in [-0.4, -0.2) is 68.6 Å².